The second-order valence-electron chi connectivity index (χ2n) is 9.73. The number of rotatable bonds is 13. The zero-order valence-electron chi connectivity index (χ0n) is 25.2. The number of benzene rings is 4. The summed E-state index contributed by atoms with van der Waals surface area (Å²) in [5.41, 5.74) is 4.80. The molecule has 1 amide bonds. The third-order valence-electron chi connectivity index (χ3n) is 6.57. The predicted octanol–water partition coefficient (Wildman–Crippen LogP) is 7.01. The lowest BCUT2D eigenvalue weighted by atomic mass is 10.2. The fourth-order valence-electron chi connectivity index (χ4n) is 4.21. The van der Waals surface area contributed by atoms with Crippen molar-refractivity contribution in [1.29, 1.82) is 0 Å². The number of carbonyl (C=O) groups is 1. The zero-order chi connectivity index (χ0) is 33.4. The minimum atomic E-state index is -4.20. The van der Waals surface area contributed by atoms with E-state index in [0.29, 0.717) is 37.3 Å². The van der Waals surface area contributed by atoms with Gasteiger partial charge in [0.25, 0.3) is 15.9 Å². The van der Waals surface area contributed by atoms with Crippen LogP contribution in [-0.2, 0) is 21.4 Å². The second-order valence-corrected chi connectivity index (χ2v) is 13.3. The first-order chi connectivity index (χ1) is 22.0. The average Bonchev–Trinajstić information content (AvgIpc) is 3.04. The van der Waals surface area contributed by atoms with Crippen LogP contribution in [0.4, 0.5) is 5.69 Å². The van der Waals surface area contributed by atoms with Gasteiger partial charge in [-0.3, -0.25) is 9.10 Å². The maximum atomic E-state index is 13.8. The molecular formula is C32H30BrCl2N3O7S. The number of amides is 1. The number of hydrogen-bond donors (Lipinski definition) is 1. The number of anilines is 1. The number of halogens is 3. The highest BCUT2D eigenvalue weighted by molar-refractivity contribution is 9.10. The summed E-state index contributed by atoms with van der Waals surface area (Å²) in [6, 6.07) is 19.5. The summed E-state index contributed by atoms with van der Waals surface area (Å²) >= 11 is 15.6. The summed E-state index contributed by atoms with van der Waals surface area (Å²) in [5, 5.41) is 4.90. The van der Waals surface area contributed by atoms with Crippen LogP contribution in [0.1, 0.15) is 16.7 Å². The molecular weight excluding hydrogens is 721 g/mol. The third-order valence-corrected chi connectivity index (χ3v) is 9.68. The fraction of sp³-hybridized carbons (Fsp3) is 0.188. The van der Waals surface area contributed by atoms with Gasteiger partial charge in [0.2, 0.25) is 0 Å². The van der Waals surface area contributed by atoms with Gasteiger partial charge >= 0.3 is 0 Å². The number of nitrogens with one attached hydrogen (secondary N) is 1. The van der Waals surface area contributed by atoms with Crippen LogP contribution in [0.3, 0.4) is 0 Å². The molecule has 0 spiro atoms. The van der Waals surface area contributed by atoms with E-state index >= 15 is 0 Å². The minimum absolute atomic E-state index is 0.00527. The van der Waals surface area contributed by atoms with Gasteiger partial charge in [-0.05, 0) is 82.5 Å². The van der Waals surface area contributed by atoms with Crippen molar-refractivity contribution in [3.05, 3.63) is 104 Å². The van der Waals surface area contributed by atoms with Gasteiger partial charge in [-0.25, -0.2) is 13.8 Å². The number of sulfonamides is 1. The standard InChI is InChI=1S/C32H30BrCl2N3O7S/c1-20-5-9-24(10-6-20)46(40,41)38(28-12-8-23(42-2)16-29(28)43-3)18-31(39)37-36-17-22-13-25(33)32(30(15-22)44-4)45-19-21-7-11-26(34)27(35)14-21/h5-17H,18-19H2,1-4H3,(H,37,39)/b36-17-. The molecule has 14 heteroatoms. The molecule has 4 rings (SSSR count). The zero-order valence-corrected chi connectivity index (χ0v) is 29.1. The smallest absolute Gasteiger partial charge is 0.264 e. The lowest BCUT2D eigenvalue weighted by molar-refractivity contribution is -0.119. The molecule has 0 aromatic heterocycles. The van der Waals surface area contributed by atoms with Gasteiger partial charge < -0.3 is 18.9 Å². The van der Waals surface area contributed by atoms with Crippen molar-refractivity contribution in [3.63, 3.8) is 0 Å². The molecule has 242 valence electrons. The summed E-state index contributed by atoms with van der Waals surface area (Å²) in [7, 11) is 0.175. The van der Waals surface area contributed by atoms with Gasteiger partial charge in [-0.15, -0.1) is 0 Å². The molecule has 0 radical (unpaired) electrons. The topological polar surface area (TPSA) is 116 Å². The number of aryl methyl sites for hydroxylation is 1. The van der Waals surface area contributed by atoms with E-state index in [4.69, 9.17) is 42.1 Å². The summed E-state index contributed by atoms with van der Waals surface area (Å²) in [4.78, 5) is 13.1. The Bertz CT molecular complexity index is 1860. The van der Waals surface area contributed by atoms with Crippen LogP contribution in [0.25, 0.3) is 0 Å². The van der Waals surface area contributed by atoms with E-state index in [2.05, 4.69) is 26.5 Å². The lowest BCUT2D eigenvalue weighted by Crippen LogP contribution is -2.39. The van der Waals surface area contributed by atoms with E-state index in [9.17, 15) is 13.2 Å². The molecule has 4 aromatic rings. The van der Waals surface area contributed by atoms with E-state index in [1.807, 2.05) is 6.92 Å². The van der Waals surface area contributed by atoms with Crippen LogP contribution in [0, 0.1) is 6.92 Å². The Balaban J connectivity index is 1.53. The molecule has 4 aromatic carbocycles. The van der Waals surface area contributed by atoms with Crippen LogP contribution >= 0.6 is 39.1 Å². The van der Waals surface area contributed by atoms with Crippen molar-refractivity contribution in [2.24, 2.45) is 5.10 Å². The Morgan fingerprint density at radius 1 is 0.913 bits per heavy atom. The Kier molecular flexibility index (Phi) is 11.8. The van der Waals surface area contributed by atoms with Crippen molar-refractivity contribution in [1.82, 2.24) is 5.43 Å². The van der Waals surface area contributed by atoms with E-state index < -0.39 is 22.5 Å². The summed E-state index contributed by atoms with van der Waals surface area (Å²) in [6.45, 7) is 1.46. The quantitative estimate of drug-likeness (QED) is 0.115. The Labute approximate surface area is 286 Å². The van der Waals surface area contributed by atoms with Gasteiger partial charge in [-0.2, -0.15) is 5.10 Å². The fourth-order valence-corrected chi connectivity index (χ4v) is 6.54. The molecule has 0 fully saturated rings. The highest BCUT2D eigenvalue weighted by atomic mass is 79.9. The van der Waals surface area contributed by atoms with Crippen molar-refractivity contribution < 1.29 is 32.2 Å². The first-order valence-corrected chi connectivity index (χ1v) is 16.5. The maximum Gasteiger partial charge on any atom is 0.264 e. The molecule has 0 bridgehead atoms. The summed E-state index contributed by atoms with van der Waals surface area (Å²) in [5.74, 6) is 0.807. The molecule has 0 saturated heterocycles. The monoisotopic (exact) mass is 749 g/mol. The summed E-state index contributed by atoms with van der Waals surface area (Å²) in [6.07, 6.45) is 1.39. The number of hydrogen-bond acceptors (Lipinski definition) is 8. The Hall–Kier alpha value is -3.97. The molecule has 1 N–H and O–H groups in total. The molecule has 0 atom stereocenters. The van der Waals surface area contributed by atoms with Crippen LogP contribution in [0.5, 0.6) is 23.0 Å². The number of hydrazone groups is 1. The van der Waals surface area contributed by atoms with Crippen LogP contribution in [0.2, 0.25) is 10.0 Å². The first kappa shape index (κ1) is 34.9. The van der Waals surface area contributed by atoms with Crippen molar-refractivity contribution in [3.8, 4) is 23.0 Å². The van der Waals surface area contributed by atoms with Gasteiger partial charge in [0.15, 0.2) is 11.5 Å². The van der Waals surface area contributed by atoms with Crippen LogP contribution in [0.15, 0.2) is 87.3 Å². The van der Waals surface area contributed by atoms with Gasteiger partial charge in [0.05, 0.1) is 52.6 Å². The average molecular weight is 751 g/mol. The number of nitrogens with zero attached hydrogens (tertiary/aromatic N) is 2. The van der Waals surface area contributed by atoms with E-state index in [1.165, 1.54) is 51.8 Å². The molecule has 46 heavy (non-hydrogen) atoms. The number of carbonyl (C=O) groups excluding carboxylic acids is 1. The molecule has 10 nitrogen and oxygen atoms in total. The normalized spacial score (nSPS) is 11.3. The SMILES string of the molecule is COc1ccc(N(CC(=O)N/N=C\c2cc(Br)c(OCc3ccc(Cl)c(Cl)c3)c(OC)c2)S(=O)(=O)c2ccc(C)cc2)c(OC)c1. The van der Waals surface area contributed by atoms with E-state index in [0.717, 1.165) is 15.4 Å². The number of ether oxygens (including phenoxy) is 4. The van der Waals surface area contributed by atoms with Crippen LogP contribution < -0.4 is 28.7 Å². The van der Waals surface area contributed by atoms with Gasteiger partial charge in [0.1, 0.15) is 24.7 Å². The van der Waals surface area contributed by atoms with Crippen molar-refractivity contribution >= 4 is 67.0 Å². The first-order valence-electron chi connectivity index (χ1n) is 13.5. The second kappa shape index (κ2) is 15.5. The largest absolute Gasteiger partial charge is 0.497 e. The Morgan fingerprint density at radius 2 is 1.63 bits per heavy atom. The third kappa shape index (κ3) is 8.43. The molecule has 0 unspecified atom stereocenters. The predicted molar refractivity (Wildman–Crippen MR) is 182 cm³/mol. The summed E-state index contributed by atoms with van der Waals surface area (Å²) < 4.78 is 51.3. The highest BCUT2D eigenvalue weighted by Gasteiger charge is 2.29. The maximum absolute atomic E-state index is 13.8. The minimum Gasteiger partial charge on any atom is -0.497 e. The number of methoxy groups -OCH3 is 3. The molecule has 0 aliphatic carbocycles. The molecule has 0 saturated carbocycles. The van der Waals surface area contributed by atoms with Crippen LogP contribution in [-0.4, -0.2) is 48.4 Å². The highest BCUT2D eigenvalue weighted by Crippen LogP contribution is 2.38. The lowest BCUT2D eigenvalue weighted by Gasteiger charge is -2.25. The van der Waals surface area contributed by atoms with Crippen molar-refractivity contribution in [2.45, 2.75) is 18.4 Å². The van der Waals surface area contributed by atoms with Crippen molar-refractivity contribution in [2.75, 3.05) is 32.2 Å². The molecule has 0 heterocycles. The van der Waals surface area contributed by atoms with E-state index in [1.54, 1.807) is 48.5 Å². The van der Waals surface area contributed by atoms with E-state index in [-0.39, 0.29) is 22.9 Å². The molecule has 0 aliphatic rings. The molecule has 0 aliphatic heterocycles. The Morgan fingerprint density at radius 3 is 2.28 bits per heavy atom. The van der Waals surface area contributed by atoms with Gasteiger partial charge in [0, 0.05) is 6.07 Å². The van der Waals surface area contributed by atoms with Gasteiger partial charge in [-0.1, -0.05) is 47.0 Å².